The minimum absolute atomic E-state index is 0.206. The van der Waals surface area contributed by atoms with Gasteiger partial charge in [0.1, 0.15) is 5.82 Å². The molecule has 0 bridgehead atoms. The summed E-state index contributed by atoms with van der Waals surface area (Å²) in [4.78, 5) is 0.654. The van der Waals surface area contributed by atoms with Gasteiger partial charge in [-0.2, -0.15) is 0 Å². The highest BCUT2D eigenvalue weighted by Crippen LogP contribution is 2.64. The zero-order valence-corrected chi connectivity index (χ0v) is 12.6. The van der Waals surface area contributed by atoms with Crippen molar-refractivity contribution in [2.45, 2.75) is 44.8 Å². The van der Waals surface area contributed by atoms with Gasteiger partial charge >= 0.3 is 6.80 Å². The Labute approximate surface area is 111 Å². The van der Waals surface area contributed by atoms with Crippen molar-refractivity contribution in [1.82, 2.24) is 0 Å². The first-order valence-electron chi connectivity index (χ1n) is 5.73. The molecule has 0 saturated carbocycles. The van der Waals surface area contributed by atoms with E-state index in [1.54, 1.807) is 39.8 Å². The molecule has 6 heteroatoms. The standard InChI is InChI=1S/C12H18FO3PS/c1-9(2)15-17(14,16-10(3)4)18-12-7-5-11(13)6-8-12/h5-10H,1-4H3. The van der Waals surface area contributed by atoms with Crippen LogP contribution in [-0.4, -0.2) is 12.2 Å². The van der Waals surface area contributed by atoms with Crippen LogP contribution in [-0.2, 0) is 13.6 Å². The van der Waals surface area contributed by atoms with Crippen LogP contribution in [0.1, 0.15) is 27.7 Å². The molecule has 0 aliphatic carbocycles. The highest BCUT2D eigenvalue weighted by Gasteiger charge is 2.29. The first-order valence-corrected chi connectivity index (χ1v) is 8.69. The largest absolute Gasteiger partial charge is 0.394 e. The van der Waals surface area contributed by atoms with E-state index in [0.717, 1.165) is 11.4 Å². The summed E-state index contributed by atoms with van der Waals surface area (Å²) in [6.45, 7) is 3.90. The third-order valence-electron chi connectivity index (χ3n) is 1.71. The number of hydrogen-bond acceptors (Lipinski definition) is 4. The predicted octanol–water partition coefficient (Wildman–Crippen LogP) is 4.88. The molecule has 0 spiro atoms. The van der Waals surface area contributed by atoms with E-state index in [2.05, 4.69) is 0 Å². The fourth-order valence-corrected chi connectivity index (χ4v) is 5.32. The lowest BCUT2D eigenvalue weighted by Gasteiger charge is -2.21. The molecule has 18 heavy (non-hydrogen) atoms. The Morgan fingerprint density at radius 3 is 1.89 bits per heavy atom. The second-order valence-electron chi connectivity index (χ2n) is 4.30. The van der Waals surface area contributed by atoms with E-state index in [9.17, 15) is 8.96 Å². The van der Waals surface area contributed by atoms with Crippen LogP contribution in [0.25, 0.3) is 0 Å². The molecule has 0 atom stereocenters. The maximum absolute atomic E-state index is 12.8. The molecule has 3 nitrogen and oxygen atoms in total. The lowest BCUT2D eigenvalue weighted by atomic mass is 10.4. The monoisotopic (exact) mass is 292 g/mol. The van der Waals surface area contributed by atoms with Gasteiger partial charge in [-0.1, -0.05) is 0 Å². The molecule has 0 unspecified atom stereocenters. The van der Waals surface area contributed by atoms with Gasteiger partial charge < -0.3 is 0 Å². The average Bonchev–Trinajstić information content (AvgIpc) is 2.18. The number of halogens is 1. The van der Waals surface area contributed by atoms with Crippen molar-refractivity contribution < 1.29 is 18.0 Å². The highest BCUT2D eigenvalue weighted by molar-refractivity contribution is 8.55. The molecule has 1 aromatic carbocycles. The Kier molecular flexibility index (Phi) is 5.86. The van der Waals surface area contributed by atoms with E-state index in [1.807, 2.05) is 0 Å². The van der Waals surface area contributed by atoms with E-state index < -0.39 is 6.80 Å². The van der Waals surface area contributed by atoms with Crippen molar-refractivity contribution in [2.24, 2.45) is 0 Å². The van der Waals surface area contributed by atoms with Gasteiger partial charge in [0.15, 0.2) is 0 Å². The van der Waals surface area contributed by atoms with Gasteiger partial charge in [0.05, 0.1) is 12.2 Å². The molecule has 0 fully saturated rings. The van der Waals surface area contributed by atoms with Crippen molar-refractivity contribution >= 4 is 18.2 Å². The zero-order valence-electron chi connectivity index (χ0n) is 10.9. The quantitative estimate of drug-likeness (QED) is 0.700. The molecule has 1 rings (SSSR count). The maximum Gasteiger partial charge on any atom is 0.394 e. The first-order chi connectivity index (χ1) is 8.31. The fourth-order valence-electron chi connectivity index (χ4n) is 1.21. The van der Waals surface area contributed by atoms with Crippen LogP contribution in [0.3, 0.4) is 0 Å². The molecule has 0 aliphatic heterocycles. The van der Waals surface area contributed by atoms with Crippen LogP contribution in [0.15, 0.2) is 29.2 Å². The number of hydrogen-bond donors (Lipinski definition) is 0. The molecule has 0 amide bonds. The van der Waals surface area contributed by atoms with Gasteiger partial charge in [-0.25, -0.2) is 8.96 Å². The minimum atomic E-state index is -3.27. The summed E-state index contributed by atoms with van der Waals surface area (Å²) in [7, 11) is 0. The van der Waals surface area contributed by atoms with Crippen molar-refractivity contribution in [3.63, 3.8) is 0 Å². The summed E-state index contributed by atoms with van der Waals surface area (Å²) < 4.78 is 36.1. The van der Waals surface area contributed by atoms with E-state index in [0.29, 0.717) is 4.90 Å². The van der Waals surface area contributed by atoms with Crippen molar-refractivity contribution in [3.05, 3.63) is 30.1 Å². The van der Waals surface area contributed by atoms with Crippen molar-refractivity contribution in [2.75, 3.05) is 0 Å². The Bertz CT molecular complexity index is 406. The molecule has 1 aromatic rings. The van der Waals surface area contributed by atoms with Gasteiger partial charge in [0.2, 0.25) is 0 Å². The maximum atomic E-state index is 12.8. The van der Waals surface area contributed by atoms with Gasteiger partial charge in [-0.15, -0.1) is 0 Å². The third kappa shape index (κ3) is 5.53. The normalized spacial score (nSPS) is 12.4. The van der Waals surface area contributed by atoms with E-state index in [1.165, 1.54) is 12.1 Å². The van der Waals surface area contributed by atoms with Gasteiger partial charge in [0, 0.05) is 4.90 Å². The van der Waals surface area contributed by atoms with Crippen LogP contribution in [0, 0.1) is 5.82 Å². The molecule has 0 aliphatic rings. The number of benzene rings is 1. The molecule has 102 valence electrons. The van der Waals surface area contributed by atoms with Crippen molar-refractivity contribution in [1.29, 1.82) is 0 Å². The van der Waals surface area contributed by atoms with Crippen molar-refractivity contribution in [3.8, 4) is 0 Å². The molecule has 0 N–H and O–H groups in total. The average molecular weight is 292 g/mol. The van der Waals surface area contributed by atoms with Crippen LogP contribution < -0.4 is 0 Å². The third-order valence-corrected chi connectivity index (χ3v) is 5.60. The van der Waals surface area contributed by atoms with Crippen LogP contribution >= 0.6 is 18.2 Å². The molecular weight excluding hydrogens is 274 g/mol. The van der Waals surface area contributed by atoms with E-state index in [4.69, 9.17) is 9.05 Å². The topological polar surface area (TPSA) is 35.5 Å². The van der Waals surface area contributed by atoms with E-state index in [-0.39, 0.29) is 18.0 Å². The smallest absolute Gasteiger partial charge is 0.298 e. The zero-order chi connectivity index (χ0) is 13.8. The molecule has 0 aromatic heterocycles. The molecule has 0 heterocycles. The lowest BCUT2D eigenvalue weighted by molar-refractivity contribution is 0.156. The van der Waals surface area contributed by atoms with Gasteiger partial charge in [-0.05, 0) is 63.3 Å². The summed E-state index contributed by atoms with van der Waals surface area (Å²) in [6, 6.07) is 5.74. The van der Waals surface area contributed by atoms with Crippen LogP contribution in [0.4, 0.5) is 4.39 Å². The first kappa shape index (κ1) is 15.7. The lowest BCUT2D eigenvalue weighted by Crippen LogP contribution is -2.05. The van der Waals surface area contributed by atoms with Crippen LogP contribution in [0.2, 0.25) is 0 Å². The SMILES string of the molecule is CC(C)OP(=O)(OC(C)C)Sc1ccc(F)cc1. The Balaban J connectivity index is 2.84. The van der Waals surface area contributed by atoms with Gasteiger partial charge in [-0.3, -0.25) is 9.05 Å². The summed E-state index contributed by atoms with van der Waals surface area (Å²) in [5, 5.41) is 0. The number of rotatable bonds is 6. The second kappa shape index (κ2) is 6.71. The summed E-state index contributed by atoms with van der Waals surface area (Å²) in [5.74, 6) is -0.330. The second-order valence-corrected chi connectivity index (χ2v) is 8.16. The van der Waals surface area contributed by atoms with Crippen LogP contribution in [0.5, 0.6) is 0 Å². The molecule has 0 radical (unpaired) electrons. The summed E-state index contributed by atoms with van der Waals surface area (Å²) in [6.07, 6.45) is -0.412. The Morgan fingerprint density at radius 2 is 1.50 bits per heavy atom. The predicted molar refractivity (Wildman–Crippen MR) is 72.3 cm³/mol. The summed E-state index contributed by atoms with van der Waals surface area (Å²) >= 11 is 1.00. The Hall–Kier alpha value is -0.350. The summed E-state index contributed by atoms with van der Waals surface area (Å²) in [5.41, 5.74) is 0. The minimum Gasteiger partial charge on any atom is -0.298 e. The molecule has 0 saturated heterocycles. The highest BCUT2D eigenvalue weighted by atomic mass is 32.7. The Morgan fingerprint density at radius 1 is 1.06 bits per heavy atom. The van der Waals surface area contributed by atoms with E-state index >= 15 is 0 Å². The van der Waals surface area contributed by atoms with Gasteiger partial charge in [0.25, 0.3) is 0 Å². The molecular formula is C12H18FO3PS. The fraction of sp³-hybridized carbons (Fsp3) is 0.500.